The fourth-order valence-corrected chi connectivity index (χ4v) is 1.12. The van der Waals surface area contributed by atoms with Crippen LogP contribution in [0.2, 0.25) is 0 Å². The molecule has 3 nitrogen and oxygen atoms in total. The second-order valence-electron chi connectivity index (χ2n) is 3.15. The van der Waals surface area contributed by atoms with Crippen molar-refractivity contribution in [3.8, 4) is 0 Å². The third kappa shape index (κ3) is 4.33. The summed E-state index contributed by atoms with van der Waals surface area (Å²) in [7, 11) is 0. The summed E-state index contributed by atoms with van der Waals surface area (Å²) in [6, 6.07) is 1.53. The lowest BCUT2D eigenvalue weighted by molar-refractivity contribution is -0.143. The zero-order valence-corrected chi connectivity index (χ0v) is 8.42. The summed E-state index contributed by atoms with van der Waals surface area (Å²) < 4.78 is 42.3. The van der Waals surface area contributed by atoms with E-state index in [-0.39, 0.29) is 6.61 Å². The fraction of sp³-hybridized carbons (Fsp3) is 0.667. The van der Waals surface area contributed by atoms with Crippen molar-refractivity contribution in [3.63, 3.8) is 0 Å². The standard InChI is InChI=1S/C9H13F3N2O/c1-2-5-15-6-8-3-4-13-14(8)7-9(10,11)12/h3-4H,2,5-7H2,1H3. The van der Waals surface area contributed by atoms with Crippen LogP contribution in [-0.2, 0) is 17.9 Å². The molecule has 1 aromatic heterocycles. The lowest BCUT2D eigenvalue weighted by atomic mass is 10.4. The summed E-state index contributed by atoms with van der Waals surface area (Å²) in [5.74, 6) is 0. The average Bonchev–Trinajstić information content (AvgIpc) is 2.50. The highest BCUT2D eigenvalue weighted by atomic mass is 19.4. The Morgan fingerprint density at radius 3 is 2.80 bits per heavy atom. The molecule has 0 aromatic carbocycles. The highest BCUT2D eigenvalue weighted by Crippen LogP contribution is 2.18. The Labute approximate surface area is 85.8 Å². The van der Waals surface area contributed by atoms with Crippen molar-refractivity contribution < 1.29 is 17.9 Å². The Bertz CT molecular complexity index is 296. The van der Waals surface area contributed by atoms with E-state index in [2.05, 4.69) is 5.10 Å². The molecule has 1 heterocycles. The van der Waals surface area contributed by atoms with Gasteiger partial charge in [0, 0.05) is 12.8 Å². The summed E-state index contributed by atoms with van der Waals surface area (Å²) in [4.78, 5) is 0. The van der Waals surface area contributed by atoms with Crippen LogP contribution in [0.15, 0.2) is 12.3 Å². The molecule has 0 aliphatic carbocycles. The second kappa shape index (κ2) is 5.16. The van der Waals surface area contributed by atoms with Gasteiger partial charge in [0.15, 0.2) is 0 Å². The lowest BCUT2D eigenvalue weighted by Gasteiger charge is -2.10. The lowest BCUT2D eigenvalue weighted by Crippen LogP contribution is -2.20. The molecule has 0 fully saturated rings. The number of hydrogen-bond acceptors (Lipinski definition) is 2. The van der Waals surface area contributed by atoms with Gasteiger partial charge in [0.25, 0.3) is 0 Å². The smallest absolute Gasteiger partial charge is 0.375 e. The van der Waals surface area contributed by atoms with E-state index < -0.39 is 12.7 Å². The van der Waals surface area contributed by atoms with E-state index >= 15 is 0 Å². The third-order valence-corrected chi connectivity index (χ3v) is 1.73. The van der Waals surface area contributed by atoms with Crippen molar-refractivity contribution in [2.24, 2.45) is 0 Å². The Morgan fingerprint density at radius 2 is 2.20 bits per heavy atom. The zero-order valence-electron chi connectivity index (χ0n) is 8.42. The Morgan fingerprint density at radius 1 is 1.47 bits per heavy atom. The largest absolute Gasteiger partial charge is 0.408 e. The topological polar surface area (TPSA) is 27.1 Å². The van der Waals surface area contributed by atoms with E-state index in [9.17, 15) is 13.2 Å². The van der Waals surface area contributed by atoms with Crippen molar-refractivity contribution in [3.05, 3.63) is 18.0 Å². The number of halogens is 3. The fourth-order valence-electron chi connectivity index (χ4n) is 1.12. The van der Waals surface area contributed by atoms with E-state index in [1.54, 1.807) is 0 Å². The highest BCUT2D eigenvalue weighted by molar-refractivity contribution is 4.98. The van der Waals surface area contributed by atoms with Gasteiger partial charge >= 0.3 is 6.18 Å². The summed E-state index contributed by atoms with van der Waals surface area (Å²) >= 11 is 0. The van der Waals surface area contributed by atoms with E-state index in [1.165, 1.54) is 12.3 Å². The highest BCUT2D eigenvalue weighted by Gasteiger charge is 2.29. The molecule has 1 aromatic rings. The first-order valence-electron chi connectivity index (χ1n) is 4.68. The minimum absolute atomic E-state index is 0.171. The van der Waals surface area contributed by atoms with Gasteiger partial charge in [-0.1, -0.05) is 6.92 Å². The van der Waals surface area contributed by atoms with Crippen LogP contribution in [0.4, 0.5) is 13.2 Å². The summed E-state index contributed by atoms with van der Waals surface area (Å²) in [5.41, 5.74) is 0.445. The Balaban J connectivity index is 2.53. The molecule has 0 N–H and O–H groups in total. The number of rotatable bonds is 5. The van der Waals surface area contributed by atoms with Crippen LogP contribution in [0.3, 0.4) is 0 Å². The van der Waals surface area contributed by atoms with Crippen LogP contribution >= 0.6 is 0 Å². The molecule has 0 atom stereocenters. The van der Waals surface area contributed by atoms with E-state index in [1.807, 2.05) is 6.92 Å². The van der Waals surface area contributed by atoms with Gasteiger partial charge in [0.1, 0.15) is 6.54 Å². The van der Waals surface area contributed by atoms with Crippen molar-refractivity contribution >= 4 is 0 Å². The molecular formula is C9H13F3N2O. The molecule has 6 heteroatoms. The molecule has 86 valence electrons. The maximum atomic E-state index is 12.1. The van der Waals surface area contributed by atoms with Gasteiger partial charge in [0.2, 0.25) is 0 Å². The van der Waals surface area contributed by atoms with Crippen molar-refractivity contribution in [1.29, 1.82) is 0 Å². The van der Waals surface area contributed by atoms with Gasteiger partial charge in [-0.3, -0.25) is 4.68 Å². The van der Waals surface area contributed by atoms with Gasteiger partial charge in [-0.15, -0.1) is 0 Å². The summed E-state index contributed by atoms with van der Waals surface area (Å²) in [5, 5.41) is 3.60. The maximum Gasteiger partial charge on any atom is 0.408 e. The number of ether oxygens (including phenoxy) is 1. The minimum atomic E-state index is -4.24. The van der Waals surface area contributed by atoms with Gasteiger partial charge in [-0.05, 0) is 12.5 Å². The number of alkyl halides is 3. The normalized spacial score (nSPS) is 12.0. The quantitative estimate of drug-likeness (QED) is 0.715. The van der Waals surface area contributed by atoms with Gasteiger partial charge in [0.05, 0.1) is 12.3 Å². The van der Waals surface area contributed by atoms with Crippen molar-refractivity contribution in [1.82, 2.24) is 9.78 Å². The van der Waals surface area contributed by atoms with E-state index in [0.29, 0.717) is 12.3 Å². The molecule has 0 aliphatic rings. The Kier molecular flexibility index (Phi) is 4.14. The number of nitrogens with zero attached hydrogens (tertiary/aromatic N) is 2. The van der Waals surface area contributed by atoms with Gasteiger partial charge < -0.3 is 4.74 Å². The number of hydrogen-bond donors (Lipinski definition) is 0. The van der Waals surface area contributed by atoms with Crippen molar-refractivity contribution in [2.75, 3.05) is 6.61 Å². The molecular weight excluding hydrogens is 209 g/mol. The molecule has 0 bridgehead atoms. The molecule has 1 rings (SSSR count). The molecule has 0 spiro atoms. The molecule has 0 saturated carbocycles. The van der Waals surface area contributed by atoms with Crippen LogP contribution in [0, 0.1) is 0 Å². The first-order chi connectivity index (χ1) is 7.03. The van der Waals surface area contributed by atoms with Crippen LogP contribution in [0.5, 0.6) is 0 Å². The van der Waals surface area contributed by atoms with Crippen LogP contribution in [0.1, 0.15) is 19.0 Å². The molecule has 15 heavy (non-hydrogen) atoms. The van der Waals surface area contributed by atoms with Crippen LogP contribution < -0.4 is 0 Å². The predicted octanol–water partition coefficient (Wildman–Crippen LogP) is 2.37. The van der Waals surface area contributed by atoms with Crippen LogP contribution in [0.25, 0.3) is 0 Å². The van der Waals surface area contributed by atoms with Gasteiger partial charge in [-0.25, -0.2) is 0 Å². The SMILES string of the molecule is CCCOCc1ccnn1CC(F)(F)F. The first-order valence-corrected chi connectivity index (χ1v) is 4.68. The van der Waals surface area contributed by atoms with Crippen molar-refractivity contribution in [2.45, 2.75) is 32.7 Å². The van der Waals surface area contributed by atoms with E-state index in [4.69, 9.17) is 4.74 Å². The zero-order chi connectivity index (χ0) is 11.3. The molecule has 0 saturated heterocycles. The first kappa shape index (κ1) is 12.0. The number of aromatic nitrogens is 2. The third-order valence-electron chi connectivity index (χ3n) is 1.73. The van der Waals surface area contributed by atoms with Crippen LogP contribution in [-0.4, -0.2) is 22.6 Å². The Hall–Kier alpha value is -1.04. The average molecular weight is 222 g/mol. The monoisotopic (exact) mass is 222 g/mol. The molecule has 0 radical (unpaired) electrons. The molecule has 0 aliphatic heterocycles. The molecule has 0 amide bonds. The summed E-state index contributed by atoms with van der Waals surface area (Å²) in [6.07, 6.45) is -2.06. The predicted molar refractivity (Wildman–Crippen MR) is 48.2 cm³/mol. The minimum Gasteiger partial charge on any atom is -0.375 e. The van der Waals surface area contributed by atoms with Gasteiger partial charge in [-0.2, -0.15) is 18.3 Å². The molecule has 0 unspecified atom stereocenters. The second-order valence-corrected chi connectivity index (χ2v) is 3.15. The summed E-state index contributed by atoms with van der Waals surface area (Å²) in [6.45, 7) is 1.58. The van der Waals surface area contributed by atoms with E-state index in [0.717, 1.165) is 11.1 Å². The maximum absolute atomic E-state index is 12.1.